The largest absolute Gasteiger partial charge is 0.401 e. The van der Waals surface area contributed by atoms with Crippen LogP contribution in [0.2, 0.25) is 0 Å². The van der Waals surface area contributed by atoms with Crippen molar-refractivity contribution >= 4 is 5.91 Å². The average Bonchev–Trinajstić information content (AvgIpc) is 2.11. The molecule has 1 amide bonds. The minimum absolute atomic E-state index is 0.264. The number of halogens is 3. The first-order valence-electron chi connectivity index (χ1n) is 4.88. The Labute approximate surface area is 87.6 Å². The van der Waals surface area contributed by atoms with Crippen molar-refractivity contribution in [2.75, 3.05) is 26.7 Å². The Kier molecular flexibility index (Phi) is 6.31. The number of alkyl halides is 3. The lowest BCUT2D eigenvalue weighted by Crippen LogP contribution is -2.39. The summed E-state index contributed by atoms with van der Waals surface area (Å²) in [6, 6.07) is 0. The summed E-state index contributed by atoms with van der Waals surface area (Å²) in [5, 5.41) is 2.07. The van der Waals surface area contributed by atoms with Gasteiger partial charge in [-0.15, -0.1) is 0 Å². The van der Waals surface area contributed by atoms with E-state index in [0.717, 1.165) is 12.8 Å². The van der Waals surface area contributed by atoms with E-state index < -0.39 is 12.7 Å². The average molecular weight is 226 g/mol. The number of hydrogen-bond acceptors (Lipinski definition) is 2. The van der Waals surface area contributed by atoms with Crippen LogP contribution in [0.4, 0.5) is 13.2 Å². The fraction of sp³-hybridized carbons (Fsp3) is 0.889. The maximum Gasteiger partial charge on any atom is 0.401 e. The van der Waals surface area contributed by atoms with Gasteiger partial charge in [-0.1, -0.05) is 13.3 Å². The first-order chi connectivity index (χ1) is 6.87. The van der Waals surface area contributed by atoms with Gasteiger partial charge in [-0.3, -0.25) is 4.79 Å². The predicted molar refractivity (Wildman–Crippen MR) is 51.5 cm³/mol. The van der Waals surface area contributed by atoms with Crippen LogP contribution in [-0.2, 0) is 4.79 Å². The fourth-order valence-electron chi connectivity index (χ4n) is 0.966. The van der Waals surface area contributed by atoms with Crippen molar-refractivity contribution in [1.82, 2.24) is 10.2 Å². The summed E-state index contributed by atoms with van der Waals surface area (Å²) >= 11 is 0. The van der Waals surface area contributed by atoms with E-state index >= 15 is 0 Å². The highest BCUT2D eigenvalue weighted by molar-refractivity contribution is 5.77. The Bertz CT molecular complexity index is 194. The second-order valence-electron chi connectivity index (χ2n) is 3.39. The number of amides is 1. The topological polar surface area (TPSA) is 32.3 Å². The molecule has 0 aliphatic rings. The number of carbonyl (C=O) groups is 1. The Morgan fingerprint density at radius 2 is 2.00 bits per heavy atom. The van der Waals surface area contributed by atoms with Crippen molar-refractivity contribution in [3.63, 3.8) is 0 Å². The molecule has 0 unspecified atom stereocenters. The summed E-state index contributed by atoms with van der Waals surface area (Å²) < 4.78 is 35.2. The van der Waals surface area contributed by atoms with Gasteiger partial charge in [-0.25, -0.2) is 0 Å². The molecular weight excluding hydrogens is 209 g/mol. The van der Waals surface area contributed by atoms with Crippen LogP contribution in [0.5, 0.6) is 0 Å². The highest BCUT2D eigenvalue weighted by atomic mass is 19.4. The molecule has 3 nitrogen and oxygen atoms in total. The van der Waals surface area contributed by atoms with E-state index in [9.17, 15) is 18.0 Å². The molecule has 0 spiro atoms. The van der Waals surface area contributed by atoms with Gasteiger partial charge in [0.1, 0.15) is 0 Å². The zero-order valence-corrected chi connectivity index (χ0v) is 9.02. The fourth-order valence-corrected chi connectivity index (χ4v) is 0.966. The molecule has 0 aromatic rings. The normalized spacial score (nSPS) is 11.5. The summed E-state index contributed by atoms with van der Waals surface area (Å²) in [5.41, 5.74) is 0. The second-order valence-corrected chi connectivity index (χ2v) is 3.39. The van der Waals surface area contributed by atoms with Crippen molar-refractivity contribution in [3.8, 4) is 0 Å². The number of rotatable bonds is 6. The van der Waals surface area contributed by atoms with E-state index in [1.807, 2.05) is 6.92 Å². The van der Waals surface area contributed by atoms with Gasteiger partial charge in [0.05, 0.1) is 13.1 Å². The summed E-state index contributed by atoms with van der Waals surface area (Å²) in [6.07, 6.45) is -2.45. The molecular formula is C9H17F3N2O. The van der Waals surface area contributed by atoms with Gasteiger partial charge in [-0.05, 0) is 6.42 Å². The maximum atomic E-state index is 11.7. The van der Waals surface area contributed by atoms with Crippen LogP contribution in [0.15, 0.2) is 0 Å². The van der Waals surface area contributed by atoms with E-state index in [4.69, 9.17) is 0 Å². The van der Waals surface area contributed by atoms with Gasteiger partial charge in [0.15, 0.2) is 0 Å². The Morgan fingerprint density at radius 3 is 2.47 bits per heavy atom. The number of nitrogens with one attached hydrogen (secondary N) is 1. The third-order valence-electron chi connectivity index (χ3n) is 1.87. The van der Waals surface area contributed by atoms with E-state index in [1.165, 1.54) is 4.90 Å². The van der Waals surface area contributed by atoms with Crippen LogP contribution in [0, 0.1) is 0 Å². The minimum atomic E-state index is -4.26. The van der Waals surface area contributed by atoms with Crippen LogP contribution in [0.1, 0.15) is 19.8 Å². The monoisotopic (exact) mass is 226 g/mol. The molecule has 0 atom stereocenters. The zero-order valence-electron chi connectivity index (χ0n) is 9.02. The Hall–Kier alpha value is -0.780. The van der Waals surface area contributed by atoms with E-state index in [-0.39, 0.29) is 12.5 Å². The minimum Gasteiger partial charge on any atom is -0.345 e. The highest BCUT2D eigenvalue weighted by Gasteiger charge is 2.26. The summed E-state index contributed by atoms with van der Waals surface area (Å²) in [6.45, 7) is 1.18. The number of carbonyl (C=O) groups excluding carboxylic acids is 1. The summed E-state index contributed by atoms with van der Waals surface area (Å²) in [7, 11) is 1.59. The van der Waals surface area contributed by atoms with E-state index in [0.29, 0.717) is 6.54 Å². The van der Waals surface area contributed by atoms with Crippen molar-refractivity contribution in [1.29, 1.82) is 0 Å². The van der Waals surface area contributed by atoms with Gasteiger partial charge in [-0.2, -0.15) is 13.2 Å². The molecule has 0 heterocycles. The molecule has 0 bridgehead atoms. The zero-order chi connectivity index (χ0) is 11.9. The summed E-state index contributed by atoms with van der Waals surface area (Å²) in [5.74, 6) is -0.312. The molecule has 90 valence electrons. The van der Waals surface area contributed by atoms with Crippen LogP contribution in [0.25, 0.3) is 0 Å². The molecule has 0 aliphatic carbocycles. The SMILES string of the molecule is CCCCN(C)C(=O)CNCC(F)(F)F. The van der Waals surface area contributed by atoms with Crippen LogP contribution in [-0.4, -0.2) is 43.7 Å². The van der Waals surface area contributed by atoms with Gasteiger partial charge in [0.2, 0.25) is 5.91 Å². The molecule has 15 heavy (non-hydrogen) atoms. The van der Waals surface area contributed by atoms with E-state index in [1.54, 1.807) is 7.05 Å². The van der Waals surface area contributed by atoms with E-state index in [2.05, 4.69) is 5.32 Å². The third-order valence-corrected chi connectivity index (χ3v) is 1.87. The van der Waals surface area contributed by atoms with Crippen molar-refractivity contribution in [2.45, 2.75) is 25.9 Å². The Morgan fingerprint density at radius 1 is 1.40 bits per heavy atom. The number of likely N-dealkylation sites (N-methyl/N-ethyl adjacent to an activating group) is 1. The molecule has 0 saturated carbocycles. The first-order valence-corrected chi connectivity index (χ1v) is 4.88. The summed E-state index contributed by atoms with van der Waals surface area (Å²) in [4.78, 5) is 12.7. The van der Waals surface area contributed by atoms with Gasteiger partial charge < -0.3 is 10.2 Å². The standard InChI is InChI=1S/C9H17F3N2O/c1-3-4-5-14(2)8(15)6-13-7-9(10,11)12/h13H,3-7H2,1-2H3. The van der Waals surface area contributed by atoms with Crippen molar-refractivity contribution < 1.29 is 18.0 Å². The molecule has 0 aliphatic heterocycles. The smallest absolute Gasteiger partial charge is 0.345 e. The number of nitrogens with zero attached hydrogens (tertiary/aromatic N) is 1. The quantitative estimate of drug-likeness (QED) is 0.742. The molecule has 0 rings (SSSR count). The van der Waals surface area contributed by atoms with Gasteiger partial charge in [0, 0.05) is 13.6 Å². The van der Waals surface area contributed by atoms with Crippen LogP contribution >= 0.6 is 0 Å². The second kappa shape index (κ2) is 6.66. The van der Waals surface area contributed by atoms with Gasteiger partial charge >= 0.3 is 6.18 Å². The highest BCUT2D eigenvalue weighted by Crippen LogP contribution is 2.11. The molecule has 0 saturated heterocycles. The molecule has 0 fully saturated rings. The molecule has 6 heteroatoms. The lowest BCUT2D eigenvalue weighted by molar-refractivity contribution is -0.133. The van der Waals surface area contributed by atoms with Crippen molar-refractivity contribution in [3.05, 3.63) is 0 Å². The van der Waals surface area contributed by atoms with Gasteiger partial charge in [0.25, 0.3) is 0 Å². The van der Waals surface area contributed by atoms with Crippen LogP contribution in [0.3, 0.4) is 0 Å². The number of hydrogen-bond donors (Lipinski definition) is 1. The molecule has 0 aromatic carbocycles. The van der Waals surface area contributed by atoms with Crippen molar-refractivity contribution in [2.24, 2.45) is 0 Å². The number of unbranched alkanes of at least 4 members (excludes halogenated alkanes) is 1. The van der Waals surface area contributed by atoms with Crippen LogP contribution < -0.4 is 5.32 Å². The maximum absolute atomic E-state index is 11.7. The lowest BCUT2D eigenvalue weighted by atomic mass is 10.3. The third kappa shape index (κ3) is 8.23. The molecule has 0 radical (unpaired) electrons. The predicted octanol–water partition coefficient (Wildman–Crippen LogP) is 1.40. The Balaban J connectivity index is 3.64. The molecule has 0 aromatic heterocycles. The molecule has 1 N–H and O–H groups in total. The first kappa shape index (κ1) is 14.2. The lowest BCUT2D eigenvalue weighted by Gasteiger charge is -2.17.